The molecule has 1 N–H and O–H groups in total. The van der Waals surface area contributed by atoms with Gasteiger partial charge in [0.15, 0.2) is 0 Å². The number of rotatable bonds is 4. The average Bonchev–Trinajstić information content (AvgIpc) is 2.92. The number of carbonyl (C=O) groups is 1. The van der Waals surface area contributed by atoms with Gasteiger partial charge < -0.3 is 4.74 Å². The van der Waals surface area contributed by atoms with E-state index in [1.165, 1.54) is 18.4 Å². The Balaban J connectivity index is 2.16. The third-order valence-corrected chi connectivity index (χ3v) is 5.19. The zero-order chi connectivity index (χ0) is 13.9. The van der Waals surface area contributed by atoms with Crippen molar-refractivity contribution < 1.29 is 9.53 Å². The lowest BCUT2D eigenvalue weighted by Gasteiger charge is -2.43. The Hall–Kier alpha value is -0.870. The maximum atomic E-state index is 12.3. The number of nitrogens with one attached hydrogen (secondary N) is 1. The van der Waals surface area contributed by atoms with Gasteiger partial charge in [0, 0.05) is 11.4 Å². The van der Waals surface area contributed by atoms with Gasteiger partial charge in [-0.2, -0.15) is 0 Å². The lowest BCUT2D eigenvalue weighted by Crippen LogP contribution is -2.59. The van der Waals surface area contributed by atoms with Crippen LogP contribution in [0.15, 0.2) is 17.5 Å². The third-order valence-electron chi connectivity index (χ3n) is 4.31. The Morgan fingerprint density at radius 1 is 1.53 bits per heavy atom. The van der Waals surface area contributed by atoms with E-state index in [1.54, 1.807) is 11.3 Å². The molecule has 0 spiro atoms. The Morgan fingerprint density at radius 2 is 2.32 bits per heavy atom. The maximum absolute atomic E-state index is 12.3. The topological polar surface area (TPSA) is 38.3 Å². The minimum Gasteiger partial charge on any atom is -0.468 e. The van der Waals surface area contributed by atoms with E-state index >= 15 is 0 Å². The van der Waals surface area contributed by atoms with Crippen LogP contribution in [0.1, 0.15) is 38.0 Å². The molecule has 1 saturated carbocycles. The average molecular weight is 281 g/mol. The molecule has 0 amide bonds. The number of esters is 1. The molecule has 4 heteroatoms. The first-order valence-corrected chi connectivity index (χ1v) is 7.82. The molecule has 0 saturated heterocycles. The van der Waals surface area contributed by atoms with Crippen LogP contribution in [0.5, 0.6) is 0 Å². The van der Waals surface area contributed by atoms with Gasteiger partial charge in [-0.25, -0.2) is 0 Å². The summed E-state index contributed by atoms with van der Waals surface area (Å²) in [7, 11) is 1.49. The van der Waals surface area contributed by atoms with Crippen LogP contribution in [-0.4, -0.2) is 18.6 Å². The van der Waals surface area contributed by atoms with Crippen LogP contribution in [0.4, 0.5) is 0 Å². The summed E-state index contributed by atoms with van der Waals surface area (Å²) in [6.45, 7) is 5.12. The van der Waals surface area contributed by atoms with Crippen LogP contribution < -0.4 is 5.32 Å². The fraction of sp³-hybridized carbons (Fsp3) is 0.667. The van der Waals surface area contributed by atoms with Crippen molar-refractivity contribution in [2.24, 2.45) is 11.8 Å². The van der Waals surface area contributed by atoms with Crippen molar-refractivity contribution in [2.75, 3.05) is 7.11 Å². The molecular formula is C15H23NO2S. The fourth-order valence-electron chi connectivity index (χ4n) is 3.08. The predicted molar refractivity (Wildman–Crippen MR) is 78.1 cm³/mol. The van der Waals surface area contributed by atoms with E-state index in [0.29, 0.717) is 11.8 Å². The van der Waals surface area contributed by atoms with Gasteiger partial charge in [-0.05, 0) is 36.1 Å². The standard InChI is InChI=1S/C15H23NO2S/c1-11-6-7-12(2)15(9-11,14(17)18-3)16-10-13-5-4-8-19-13/h4-5,8,11-12,16H,6-7,9-10H2,1-3H3. The normalized spacial score (nSPS) is 31.1. The van der Waals surface area contributed by atoms with E-state index in [-0.39, 0.29) is 5.97 Å². The van der Waals surface area contributed by atoms with Crippen LogP contribution in [0, 0.1) is 11.8 Å². The highest BCUT2D eigenvalue weighted by molar-refractivity contribution is 7.09. The van der Waals surface area contributed by atoms with E-state index in [9.17, 15) is 4.79 Å². The van der Waals surface area contributed by atoms with Gasteiger partial charge in [-0.3, -0.25) is 10.1 Å². The van der Waals surface area contributed by atoms with Gasteiger partial charge in [-0.15, -0.1) is 11.3 Å². The third kappa shape index (κ3) is 3.00. The number of hydrogen-bond acceptors (Lipinski definition) is 4. The largest absolute Gasteiger partial charge is 0.468 e. The van der Waals surface area contributed by atoms with Crippen LogP contribution in [0.3, 0.4) is 0 Å². The summed E-state index contributed by atoms with van der Waals surface area (Å²) in [5, 5.41) is 5.57. The number of methoxy groups -OCH3 is 1. The van der Waals surface area contributed by atoms with E-state index in [4.69, 9.17) is 4.74 Å². The Morgan fingerprint density at radius 3 is 2.95 bits per heavy atom. The molecule has 3 unspecified atom stereocenters. The highest BCUT2D eigenvalue weighted by Gasteiger charge is 2.47. The van der Waals surface area contributed by atoms with Crippen LogP contribution >= 0.6 is 11.3 Å². The van der Waals surface area contributed by atoms with Crippen LogP contribution in [0.2, 0.25) is 0 Å². The Bertz CT molecular complexity index is 418. The molecule has 1 aromatic rings. The van der Waals surface area contributed by atoms with Crippen molar-refractivity contribution in [1.29, 1.82) is 0 Å². The van der Waals surface area contributed by atoms with Gasteiger partial charge in [0.1, 0.15) is 5.54 Å². The second kappa shape index (κ2) is 6.06. The molecule has 1 fully saturated rings. The second-order valence-electron chi connectivity index (χ2n) is 5.68. The van der Waals surface area contributed by atoms with E-state index in [0.717, 1.165) is 19.4 Å². The smallest absolute Gasteiger partial charge is 0.326 e. The number of carbonyl (C=O) groups excluding carboxylic acids is 1. The first-order valence-electron chi connectivity index (χ1n) is 6.94. The molecule has 3 nitrogen and oxygen atoms in total. The molecule has 0 aromatic carbocycles. The molecule has 0 aliphatic heterocycles. The molecule has 19 heavy (non-hydrogen) atoms. The van der Waals surface area contributed by atoms with Gasteiger partial charge >= 0.3 is 5.97 Å². The fourth-order valence-corrected chi connectivity index (χ4v) is 3.72. The zero-order valence-corrected chi connectivity index (χ0v) is 12.8. The summed E-state index contributed by atoms with van der Waals surface area (Å²) in [5.74, 6) is 0.769. The predicted octanol–water partition coefficient (Wildman–Crippen LogP) is 3.21. The summed E-state index contributed by atoms with van der Waals surface area (Å²) in [6, 6.07) is 4.14. The Kier molecular flexibility index (Phi) is 4.63. The van der Waals surface area contributed by atoms with Gasteiger partial charge in [0.25, 0.3) is 0 Å². The van der Waals surface area contributed by atoms with Crippen molar-refractivity contribution in [3.05, 3.63) is 22.4 Å². The molecule has 1 aliphatic carbocycles. The molecule has 1 aromatic heterocycles. The summed E-state index contributed by atoms with van der Waals surface area (Å²) in [5.41, 5.74) is -0.517. The maximum Gasteiger partial charge on any atom is 0.326 e. The van der Waals surface area contributed by atoms with Crippen LogP contribution in [0.25, 0.3) is 0 Å². The zero-order valence-electron chi connectivity index (χ0n) is 11.9. The van der Waals surface area contributed by atoms with Crippen molar-refractivity contribution in [3.8, 4) is 0 Å². The molecule has 2 rings (SSSR count). The second-order valence-corrected chi connectivity index (χ2v) is 6.72. The van der Waals surface area contributed by atoms with Gasteiger partial charge in [0.2, 0.25) is 0 Å². The number of ether oxygens (including phenoxy) is 1. The quantitative estimate of drug-likeness (QED) is 0.861. The summed E-state index contributed by atoms with van der Waals surface area (Å²) < 4.78 is 5.08. The Labute approximate surface area is 119 Å². The minimum atomic E-state index is -0.517. The number of hydrogen-bond donors (Lipinski definition) is 1. The molecule has 1 heterocycles. The minimum absolute atomic E-state index is 0.108. The molecule has 3 atom stereocenters. The highest BCUT2D eigenvalue weighted by atomic mass is 32.1. The SMILES string of the molecule is COC(=O)C1(NCc2cccs2)CC(C)CCC1C. The van der Waals surface area contributed by atoms with Crippen molar-refractivity contribution in [3.63, 3.8) is 0 Å². The molecule has 106 valence electrons. The summed E-state index contributed by atoms with van der Waals surface area (Å²) >= 11 is 1.72. The van der Waals surface area contributed by atoms with E-state index in [1.807, 2.05) is 6.07 Å². The van der Waals surface area contributed by atoms with Crippen LogP contribution in [-0.2, 0) is 16.1 Å². The summed E-state index contributed by atoms with van der Waals surface area (Å²) in [6.07, 6.45) is 3.14. The molecule has 1 aliphatic rings. The van der Waals surface area contributed by atoms with Crippen molar-refractivity contribution in [1.82, 2.24) is 5.32 Å². The molecule has 0 radical (unpaired) electrons. The first kappa shape index (κ1) is 14.5. The molecule has 0 bridgehead atoms. The van der Waals surface area contributed by atoms with E-state index in [2.05, 4.69) is 30.6 Å². The summed E-state index contributed by atoms with van der Waals surface area (Å²) in [4.78, 5) is 13.6. The highest BCUT2D eigenvalue weighted by Crippen LogP contribution is 2.38. The monoisotopic (exact) mass is 281 g/mol. The lowest BCUT2D eigenvalue weighted by molar-refractivity contribution is -0.153. The van der Waals surface area contributed by atoms with E-state index < -0.39 is 5.54 Å². The van der Waals surface area contributed by atoms with Crippen molar-refractivity contribution in [2.45, 2.75) is 45.2 Å². The van der Waals surface area contributed by atoms with Gasteiger partial charge in [0.05, 0.1) is 7.11 Å². The van der Waals surface area contributed by atoms with Gasteiger partial charge in [-0.1, -0.05) is 26.3 Å². The molecular weight excluding hydrogens is 258 g/mol. The lowest BCUT2D eigenvalue weighted by atomic mass is 9.69. The first-order chi connectivity index (χ1) is 9.08. The van der Waals surface area contributed by atoms with Crippen molar-refractivity contribution >= 4 is 17.3 Å². The number of thiophene rings is 1.